The van der Waals surface area contributed by atoms with Crippen LogP contribution in [0.4, 0.5) is 0 Å². The van der Waals surface area contributed by atoms with E-state index in [2.05, 4.69) is 22.6 Å². The molecule has 0 fully saturated rings. The molecule has 1 aliphatic carbocycles. The maximum absolute atomic E-state index is 11.8. The molecule has 0 atom stereocenters. The Kier molecular flexibility index (Phi) is 2.49. The highest BCUT2D eigenvalue weighted by molar-refractivity contribution is 14.1. The number of carbonyl (C=O) groups excluding carboxylic acids is 1. The Hall–Kier alpha value is -0.640. The van der Waals surface area contributed by atoms with E-state index in [0.29, 0.717) is 0 Å². The highest BCUT2D eigenvalue weighted by Gasteiger charge is 2.15. The summed E-state index contributed by atoms with van der Waals surface area (Å²) in [6.45, 7) is 0. The average Bonchev–Trinajstić information content (AvgIpc) is 2.29. The van der Waals surface area contributed by atoms with E-state index in [-0.39, 0.29) is 5.78 Å². The summed E-state index contributed by atoms with van der Waals surface area (Å²) >= 11 is 2.12. The molecule has 0 aromatic heterocycles. The van der Waals surface area contributed by atoms with Crippen molar-refractivity contribution in [3.05, 3.63) is 45.0 Å². The number of Topliss-reactive ketones (excluding diaryl/α,β-unsaturated/α-hetero) is 1. The highest BCUT2D eigenvalue weighted by Crippen LogP contribution is 2.23. The number of carbonyl (C=O) groups is 1. The van der Waals surface area contributed by atoms with Gasteiger partial charge >= 0.3 is 0 Å². The predicted molar refractivity (Wildman–Crippen MR) is 61.2 cm³/mol. The number of ketones is 1. The lowest BCUT2D eigenvalue weighted by Crippen LogP contribution is -2.00. The van der Waals surface area contributed by atoms with Crippen LogP contribution < -0.4 is 0 Å². The molecule has 0 N–H and O–H groups in total. The van der Waals surface area contributed by atoms with E-state index in [4.69, 9.17) is 0 Å². The minimum atomic E-state index is 0.175. The summed E-state index contributed by atoms with van der Waals surface area (Å²) in [5.74, 6) is 0.175. The molecule has 1 nitrogen and oxygen atoms in total. The normalized spacial score (nSPS) is 16.1. The van der Waals surface area contributed by atoms with Crippen LogP contribution in [0.25, 0.3) is 0 Å². The van der Waals surface area contributed by atoms with Crippen LogP contribution in [0.2, 0.25) is 0 Å². The fraction of sp³-hybridized carbons (Fsp3) is 0.182. The third kappa shape index (κ3) is 1.68. The second-order valence-corrected chi connectivity index (χ2v) is 4.24. The van der Waals surface area contributed by atoms with E-state index in [1.807, 2.05) is 30.3 Å². The molecule has 0 radical (unpaired) electrons. The minimum absolute atomic E-state index is 0.175. The molecule has 0 amide bonds. The van der Waals surface area contributed by atoms with Crippen LogP contribution in [-0.4, -0.2) is 5.78 Å². The maximum Gasteiger partial charge on any atom is 0.199 e. The van der Waals surface area contributed by atoms with Gasteiger partial charge in [-0.05, 0) is 41.0 Å². The minimum Gasteiger partial charge on any atom is -0.288 e. The van der Waals surface area contributed by atoms with Crippen LogP contribution in [0.1, 0.15) is 22.3 Å². The first-order chi connectivity index (χ1) is 6.29. The number of halogens is 1. The maximum atomic E-state index is 11.8. The van der Waals surface area contributed by atoms with Gasteiger partial charge in [0.2, 0.25) is 0 Å². The fourth-order valence-electron chi connectivity index (χ4n) is 1.54. The van der Waals surface area contributed by atoms with E-state index in [1.54, 1.807) is 0 Å². The lowest BCUT2D eigenvalue weighted by atomic mass is 10.0. The topological polar surface area (TPSA) is 17.1 Å². The van der Waals surface area contributed by atoms with Crippen molar-refractivity contribution in [2.24, 2.45) is 0 Å². The van der Waals surface area contributed by atoms with Gasteiger partial charge in [-0.1, -0.05) is 30.3 Å². The van der Waals surface area contributed by atoms with Crippen molar-refractivity contribution >= 4 is 28.4 Å². The average molecular weight is 284 g/mol. The molecule has 0 saturated carbocycles. The van der Waals surface area contributed by atoms with E-state index >= 15 is 0 Å². The van der Waals surface area contributed by atoms with Gasteiger partial charge in [-0.2, -0.15) is 0 Å². The lowest BCUT2D eigenvalue weighted by molar-refractivity contribution is 0.104. The van der Waals surface area contributed by atoms with Crippen LogP contribution in [0, 0.1) is 0 Å². The standard InChI is InChI=1S/C11H9IO/c12-10-7-3-5-8-4-1-2-6-9(8)11(10)13/h1-2,4,6-7H,3,5H2. The Morgan fingerprint density at radius 3 is 2.85 bits per heavy atom. The molecule has 0 unspecified atom stereocenters. The second-order valence-electron chi connectivity index (χ2n) is 3.08. The summed E-state index contributed by atoms with van der Waals surface area (Å²) in [5.41, 5.74) is 2.05. The lowest BCUT2D eigenvalue weighted by Gasteiger charge is -2.02. The molecule has 66 valence electrons. The number of hydrogen-bond acceptors (Lipinski definition) is 1. The van der Waals surface area contributed by atoms with E-state index in [9.17, 15) is 4.79 Å². The van der Waals surface area contributed by atoms with Crippen molar-refractivity contribution in [2.75, 3.05) is 0 Å². The van der Waals surface area contributed by atoms with Gasteiger partial charge in [0, 0.05) is 5.56 Å². The summed E-state index contributed by atoms with van der Waals surface area (Å²) in [6, 6.07) is 7.86. The van der Waals surface area contributed by atoms with Gasteiger partial charge in [-0.25, -0.2) is 0 Å². The quantitative estimate of drug-likeness (QED) is 0.669. The third-order valence-electron chi connectivity index (χ3n) is 2.22. The van der Waals surface area contributed by atoms with Gasteiger partial charge in [0.05, 0.1) is 3.58 Å². The Balaban J connectivity index is 2.54. The highest BCUT2D eigenvalue weighted by atomic mass is 127. The van der Waals surface area contributed by atoms with Crippen LogP contribution in [0.15, 0.2) is 33.9 Å². The van der Waals surface area contributed by atoms with Crippen LogP contribution in [-0.2, 0) is 6.42 Å². The van der Waals surface area contributed by atoms with Gasteiger partial charge in [0.1, 0.15) is 0 Å². The predicted octanol–water partition coefficient (Wildman–Crippen LogP) is 3.13. The molecule has 13 heavy (non-hydrogen) atoms. The van der Waals surface area contributed by atoms with Gasteiger partial charge in [0.15, 0.2) is 5.78 Å². The third-order valence-corrected chi connectivity index (χ3v) is 3.15. The molecule has 0 spiro atoms. The molecule has 1 aliphatic rings. The number of hydrogen-bond donors (Lipinski definition) is 0. The number of fused-ring (bicyclic) bond motifs is 1. The largest absolute Gasteiger partial charge is 0.288 e. The molecule has 0 bridgehead atoms. The van der Waals surface area contributed by atoms with Crippen molar-refractivity contribution in [3.8, 4) is 0 Å². The molecule has 1 aromatic carbocycles. The first kappa shape index (κ1) is 8.94. The molecular weight excluding hydrogens is 275 g/mol. The van der Waals surface area contributed by atoms with Gasteiger partial charge in [-0.3, -0.25) is 4.79 Å². The molecule has 2 rings (SSSR count). The number of aryl methyl sites for hydroxylation is 1. The van der Waals surface area contributed by atoms with Crippen molar-refractivity contribution in [3.63, 3.8) is 0 Å². The molecule has 2 heteroatoms. The monoisotopic (exact) mass is 284 g/mol. The molecule has 1 aromatic rings. The van der Waals surface area contributed by atoms with Crippen LogP contribution in [0.3, 0.4) is 0 Å². The van der Waals surface area contributed by atoms with Crippen molar-refractivity contribution in [1.29, 1.82) is 0 Å². The molecular formula is C11H9IO. The zero-order valence-corrected chi connectivity index (χ0v) is 9.24. The summed E-state index contributed by atoms with van der Waals surface area (Å²) in [6.07, 6.45) is 3.97. The van der Waals surface area contributed by atoms with Crippen molar-refractivity contribution < 1.29 is 4.79 Å². The molecule has 0 saturated heterocycles. The van der Waals surface area contributed by atoms with Gasteiger partial charge in [0.25, 0.3) is 0 Å². The Morgan fingerprint density at radius 1 is 1.23 bits per heavy atom. The molecule has 0 heterocycles. The number of rotatable bonds is 0. The number of allylic oxidation sites excluding steroid dienone is 2. The van der Waals surface area contributed by atoms with E-state index in [1.165, 1.54) is 5.56 Å². The SMILES string of the molecule is O=C1C(I)=CCCc2ccccc21. The Morgan fingerprint density at radius 2 is 2.00 bits per heavy atom. The first-order valence-electron chi connectivity index (χ1n) is 4.27. The number of benzene rings is 1. The molecule has 0 aliphatic heterocycles. The Labute approximate surface area is 91.0 Å². The fourth-order valence-corrected chi connectivity index (χ4v) is 2.14. The summed E-state index contributed by atoms with van der Waals surface area (Å²) in [4.78, 5) is 11.8. The van der Waals surface area contributed by atoms with Gasteiger partial charge in [-0.15, -0.1) is 0 Å². The summed E-state index contributed by atoms with van der Waals surface area (Å²) in [7, 11) is 0. The van der Waals surface area contributed by atoms with Crippen LogP contribution >= 0.6 is 22.6 Å². The summed E-state index contributed by atoms with van der Waals surface area (Å²) < 4.78 is 0.850. The van der Waals surface area contributed by atoms with Gasteiger partial charge < -0.3 is 0 Å². The smallest absolute Gasteiger partial charge is 0.199 e. The second kappa shape index (κ2) is 3.62. The van der Waals surface area contributed by atoms with E-state index < -0.39 is 0 Å². The van der Waals surface area contributed by atoms with E-state index in [0.717, 1.165) is 22.0 Å². The Bertz CT molecular complexity index is 379. The van der Waals surface area contributed by atoms with Crippen molar-refractivity contribution in [2.45, 2.75) is 12.8 Å². The van der Waals surface area contributed by atoms with Crippen LogP contribution in [0.5, 0.6) is 0 Å². The zero-order valence-electron chi connectivity index (χ0n) is 7.09. The first-order valence-corrected chi connectivity index (χ1v) is 5.35. The zero-order chi connectivity index (χ0) is 9.26. The summed E-state index contributed by atoms with van der Waals surface area (Å²) in [5, 5.41) is 0. The van der Waals surface area contributed by atoms with Crippen molar-refractivity contribution in [1.82, 2.24) is 0 Å².